The highest BCUT2D eigenvalue weighted by molar-refractivity contribution is 4.68. The van der Waals surface area contributed by atoms with Gasteiger partial charge < -0.3 is 6.15 Å². The molecule has 3 N–H and O–H groups in total. The van der Waals surface area contributed by atoms with Gasteiger partial charge in [0.2, 0.25) is 0 Å². The van der Waals surface area contributed by atoms with Gasteiger partial charge in [-0.1, -0.05) is 12.2 Å². The normalized spacial score (nSPS) is 7.60. The highest BCUT2D eigenvalue weighted by atomic mass is 14.0. The minimum absolute atomic E-state index is 0. The molecule has 0 radical (unpaired) electrons. The van der Waals surface area contributed by atoms with Gasteiger partial charge in [0, 0.05) is 0 Å². The van der Waals surface area contributed by atoms with Gasteiger partial charge in [0.1, 0.15) is 0 Å². The predicted octanol–water partition coefficient (Wildman–Crippen LogP) is 1.74. The highest BCUT2D eigenvalue weighted by Crippen LogP contribution is 1.57. The summed E-state index contributed by atoms with van der Waals surface area (Å²) in [7, 11) is 0. The van der Waals surface area contributed by atoms with E-state index in [0.717, 1.165) is 0 Å². The van der Waals surface area contributed by atoms with Gasteiger partial charge in [0.05, 0.1) is 0 Å². The van der Waals surface area contributed by atoms with Gasteiger partial charge in [-0.2, -0.15) is 0 Å². The number of allylic oxidation sites excluding steroid dienone is 2. The summed E-state index contributed by atoms with van der Waals surface area (Å²) in [4.78, 5) is 0. The Labute approximate surface area is 33.3 Å². The zero-order valence-electron chi connectivity index (χ0n) is 3.86. The summed E-state index contributed by atoms with van der Waals surface area (Å²) in [5, 5.41) is 0. The van der Waals surface area contributed by atoms with Gasteiger partial charge in [-0.3, -0.25) is 0 Å². The average Bonchev–Trinajstić information content (AvgIpc) is 1.37. The lowest BCUT2D eigenvalue weighted by Gasteiger charge is -1.49. The van der Waals surface area contributed by atoms with Crippen LogP contribution in [-0.2, 0) is 0 Å². The van der Waals surface area contributed by atoms with Crippen LogP contribution in [0.2, 0.25) is 0 Å². The second kappa shape index (κ2) is 9.33. The smallest absolute Gasteiger partial charge is 0.0470 e. The van der Waals surface area contributed by atoms with Crippen molar-refractivity contribution in [2.45, 2.75) is 13.8 Å². The van der Waals surface area contributed by atoms with E-state index < -0.39 is 0 Å². The van der Waals surface area contributed by atoms with Gasteiger partial charge in [0.15, 0.2) is 0 Å². The van der Waals surface area contributed by atoms with Gasteiger partial charge in [-0.15, -0.1) is 0 Å². The maximum Gasteiger partial charge on any atom is -0.0470 e. The molecule has 0 aromatic rings. The molecule has 0 heterocycles. The first-order chi connectivity index (χ1) is 1.91. The lowest BCUT2D eigenvalue weighted by molar-refractivity contribution is 1.64. The van der Waals surface area contributed by atoms with Crippen LogP contribution in [0.1, 0.15) is 13.8 Å². The highest BCUT2D eigenvalue weighted by Gasteiger charge is 1.34. The molecular formula is C4H11N. The SMILES string of the molecule is C/C=C/C.N. The van der Waals surface area contributed by atoms with E-state index in [0.29, 0.717) is 0 Å². The van der Waals surface area contributed by atoms with E-state index in [9.17, 15) is 0 Å². The fraction of sp³-hybridized carbons (Fsp3) is 0.500. The van der Waals surface area contributed by atoms with Crippen LogP contribution in [0.15, 0.2) is 12.2 Å². The molecule has 0 saturated heterocycles. The van der Waals surface area contributed by atoms with Crippen molar-refractivity contribution in [1.82, 2.24) is 6.15 Å². The summed E-state index contributed by atoms with van der Waals surface area (Å²) in [6.07, 6.45) is 4.00. The van der Waals surface area contributed by atoms with E-state index in [1.165, 1.54) is 0 Å². The Morgan fingerprint density at radius 2 is 1.20 bits per heavy atom. The first-order valence-electron chi connectivity index (χ1n) is 1.49. The maximum absolute atomic E-state index is 2.00. The van der Waals surface area contributed by atoms with Crippen LogP contribution in [0, 0.1) is 0 Å². The van der Waals surface area contributed by atoms with Crippen molar-refractivity contribution in [2.24, 2.45) is 0 Å². The van der Waals surface area contributed by atoms with Crippen LogP contribution in [0.3, 0.4) is 0 Å². The molecule has 5 heavy (non-hydrogen) atoms. The van der Waals surface area contributed by atoms with E-state index in [2.05, 4.69) is 0 Å². The largest absolute Gasteiger partial charge is 0.344 e. The molecular weight excluding hydrogens is 62.1 g/mol. The summed E-state index contributed by atoms with van der Waals surface area (Å²) in [6.45, 7) is 4.00. The van der Waals surface area contributed by atoms with Crippen molar-refractivity contribution in [2.75, 3.05) is 0 Å². The minimum atomic E-state index is 0. The Kier molecular flexibility index (Phi) is 16.5. The molecule has 0 aliphatic carbocycles. The second-order valence-corrected chi connectivity index (χ2v) is 0.667. The lowest BCUT2D eigenvalue weighted by atomic mass is 10.6. The standard InChI is InChI=1S/C4H8.H3N/c1-3-4-2;/h3-4H,1-2H3;1H3/b4-3+;. The number of rotatable bonds is 0. The van der Waals surface area contributed by atoms with Crippen LogP contribution in [0.25, 0.3) is 0 Å². The molecule has 1 nitrogen and oxygen atoms in total. The van der Waals surface area contributed by atoms with Gasteiger partial charge in [-0.05, 0) is 13.8 Å². The summed E-state index contributed by atoms with van der Waals surface area (Å²) in [5.74, 6) is 0. The van der Waals surface area contributed by atoms with Gasteiger partial charge in [-0.25, -0.2) is 0 Å². The molecule has 1 heteroatoms. The van der Waals surface area contributed by atoms with Crippen molar-refractivity contribution < 1.29 is 0 Å². The monoisotopic (exact) mass is 73.1 g/mol. The van der Waals surface area contributed by atoms with Gasteiger partial charge in [0.25, 0.3) is 0 Å². The van der Waals surface area contributed by atoms with E-state index in [4.69, 9.17) is 0 Å². The van der Waals surface area contributed by atoms with Crippen LogP contribution in [-0.4, -0.2) is 0 Å². The fourth-order valence-corrected chi connectivity index (χ4v) is 0. The van der Waals surface area contributed by atoms with E-state index >= 15 is 0 Å². The Hall–Kier alpha value is -0.300. The lowest BCUT2D eigenvalue weighted by Crippen LogP contribution is -1.26. The average molecular weight is 73.1 g/mol. The summed E-state index contributed by atoms with van der Waals surface area (Å²) in [5.41, 5.74) is 0. The topological polar surface area (TPSA) is 35.0 Å². The third-order valence-electron chi connectivity index (χ3n) is 0.333. The third-order valence-corrected chi connectivity index (χ3v) is 0.333. The molecule has 32 valence electrons. The molecule has 0 unspecified atom stereocenters. The number of hydrogen-bond donors (Lipinski definition) is 1. The zero-order chi connectivity index (χ0) is 3.41. The zero-order valence-corrected chi connectivity index (χ0v) is 3.86. The third kappa shape index (κ3) is 21.8. The molecule has 0 bridgehead atoms. The van der Waals surface area contributed by atoms with Crippen molar-refractivity contribution >= 4 is 0 Å². The molecule has 0 aliphatic heterocycles. The summed E-state index contributed by atoms with van der Waals surface area (Å²) >= 11 is 0. The molecule has 0 saturated carbocycles. The van der Waals surface area contributed by atoms with Gasteiger partial charge >= 0.3 is 0 Å². The van der Waals surface area contributed by atoms with E-state index in [1.807, 2.05) is 26.0 Å². The van der Waals surface area contributed by atoms with Crippen LogP contribution in [0.5, 0.6) is 0 Å². The summed E-state index contributed by atoms with van der Waals surface area (Å²) < 4.78 is 0. The molecule has 0 amide bonds. The molecule has 0 aliphatic rings. The van der Waals surface area contributed by atoms with Crippen molar-refractivity contribution in [3.05, 3.63) is 12.2 Å². The first kappa shape index (κ1) is 8.83. The van der Waals surface area contributed by atoms with E-state index in [-0.39, 0.29) is 6.15 Å². The van der Waals surface area contributed by atoms with Crippen molar-refractivity contribution in [1.29, 1.82) is 0 Å². The van der Waals surface area contributed by atoms with Crippen LogP contribution in [0.4, 0.5) is 0 Å². The van der Waals surface area contributed by atoms with Crippen molar-refractivity contribution in [3.63, 3.8) is 0 Å². The fourth-order valence-electron chi connectivity index (χ4n) is 0. The first-order valence-corrected chi connectivity index (χ1v) is 1.49. The molecule has 0 atom stereocenters. The summed E-state index contributed by atoms with van der Waals surface area (Å²) in [6, 6.07) is 0. The molecule has 0 rings (SSSR count). The van der Waals surface area contributed by atoms with Crippen LogP contribution >= 0.6 is 0 Å². The van der Waals surface area contributed by atoms with Crippen molar-refractivity contribution in [3.8, 4) is 0 Å². The quantitative estimate of drug-likeness (QED) is 0.435. The van der Waals surface area contributed by atoms with E-state index in [1.54, 1.807) is 0 Å². The molecule has 0 spiro atoms. The molecule has 0 fully saturated rings. The Morgan fingerprint density at radius 3 is 1.20 bits per heavy atom. The number of hydrogen-bond acceptors (Lipinski definition) is 1. The van der Waals surface area contributed by atoms with Crippen LogP contribution < -0.4 is 6.15 Å². The Morgan fingerprint density at radius 1 is 1.00 bits per heavy atom. The molecule has 0 aromatic carbocycles. The Balaban J connectivity index is 0. The molecule has 0 aromatic heterocycles. The Bertz CT molecular complexity index is 18.8. The predicted molar refractivity (Wildman–Crippen MR) is 25.5 cm³/mol. The maximum atomic E-state index is 2.00. The minimum Gasteiger partial charge on any atom is -0.344 e. The second-order valence-electron chi connectivity index (χ2n) is 0.667.